The van der Waals surface area contributed by atoms with Crippen LogP contribution in [0.4, 0.5) is 0 Å². The van der Waals surface area contributed by atoms with Crippen molar-refractivity contribution in [2.24, 2.45) is 0 Å². The van der Waals surface area contributed by atoms with E-state index in [0.29, 0.717) is 12.5 Å². The van der Waals surface area contributed by atoms with Crippen LogP contribution in [0, 0.1) is 0 Å². The van der Waals surface area contributed by atoms with E-state index in [4.69, 9.17) is 21.1 Å². The highest BCUT2D eigenvalue weighted by atomic mass is 35.5. The molecule has 0 bridgehead atoms. The fourth-order valence-electron chi connectivity index (χ4n) is 1.57. The molecule has 5 heteroatoms. The van der Waals surface area contributed by atoms with Crippen LogP contribution in [0.25, 0.3) is 0 Å². The normalized spacial score (nSPS) is 10.0. The van der Waals surface area contributed by atoms with Gasteiger partial charge in [0.15, 0.2) is 11.5 Å². The summed E-state index contributed by atoms with van der Waals surface area (Å²) in [7, 11) is 1.65. The zero-order valence-corrected chi connectivity index (χ0v) is 12.5. The van der Waals surface area contributed by atoms with E-state index in [1.807, 2.05) is 24.3 Å². The molecule has 0 aliphatic rings. The molecule has 18 heavy (non-hydrogen) atoms. The molecule has 0 saturated heterocycles. The number of nitrogens with zero attached hydrogens (tertiary/aromatic N) is 1. The third kappa shape index (κ3) is 5.80. The first-order chi connectivity index (χ1) is 8.31. The van der Waals surface area contributed by atoms with Crippen LogP contribution in [0.3, 0.4) is 0 Å². The molecule has 0 fully saturated rings. The Kier molecular flexibility index (Phi) is 9.93. The minimum atomic E-state index is 0. The molecule has 1 aromatic carbocycles. The smallest absolute Gasteiger partial charge is 0.161 e. The van der Waals surface area contributed by atoms with Crippen molar-refractivity contribution in [3.05, 3.63) is 24.3 Å². The maximum atomic E-state index is 5.72. The van der Waals surface area contributed by atoms with E-state index in [2.05, 4.69) is 11.8 Å². The number of hydrogen-bond acceptors (Lipinski definition) is 3. The van der Waals surface area contributed by atoms with Gasteiger partial charge in [0.25, 0.3) is 0 Å². The van der Waals surface area contributed by atoms with Crippen molar-refractivity contribution in [3.63, 3.8) is 0 Å². The number of rotatable bonds is 8. The van der Waals surface area contributed by atoms with Crippen LogP contribution in [0.2, 0.25) is 0 Å². The first kappa shape index (κ1) is 17.4. The van der Waals surface area contributed by atoms with Crippen LogP contribution in [0.1, 0.15) is 6.92 Å². The summed E-state index contributed by atoms with van der Waals surface area (Å²) in [6.45, 7) is 5.53. The molecule has 0 spiro atoms. The van der Waals surface area contributed by atoms with Gasteiger partial charge < -0.3 is 9.47 Å². The van der Waals surface area contributed by atoms with Gasteiger partial charge in [-0.1, -0.05) is 19.1 Å². The Morgan fingerprint density at radius 3 is 2.39 bits per heavy atom. The van der Waals surface area contributed by atoms with Crippen molar-refractivity contribution in [2.75, 3.05) is 39.2 Å². The lowest BCUT2D eigenvalue weighted by molar-refractivity contribution is 0.218. The van der Waals surface area contributed by atoms with Crippen molar-refractivity contribution in [1.29, 1.82) is 0 Å². The SMILES string of the molecule is CCN(CCCl)CCOc1ccccc1OC.Cl. The standard InChI is InChI=1S/C13H20ClNO2.ClH/c1-3-15(9-8-14)10-11-17-13-7-5-4-6-12(13)16-2;/h4-7H,3,8-11H2,1-2H3;1H. The second kappa shape index (κ2) is 10.3. The molecule has 0 heterocycles. The maximum absolute atomic E-state index is 5.72. The predicted octanol–water partition coefficient (Wildman–Crippen LogP) is 3.06. The Morgan fingerprint density at radius 1 is 1.17 bits per heavy atom. The molecule has 1 aromatic rings. The Labute approximate surface area is 120 Å². The Morgan fingerprint density at radius 2 is 1.83 bits per heavy atom. The lowest BCUT2D eigenvalue weighted by Gasteiger charge is -2.19. The van der Waals surface area contributed by atoms with Crippen LogP contribution in [0.15, 0.2) is 24.3 Å². The highest BCUT2D eigenvalue weighted by Gasteiger charge is 2.04. The van der Waals surface area contributed by atoms with Crippen LogP contribution < -0.4 is 9.47 Å². The van der Waals surface area contributed by atoms with Gasteiger partial charge in [-0.15, -0.1) is 24.0 Å². The zero-order chi connectivity index (χ0) is 12.5. The highest BCUT2D eigenvalue weighted by molar-refractivity contribution is 6.18. The molecule has 0 amide bonds. The van der Waals surface area contributed by atoms with Crippen molar-refractivity contribution in [3.8, 4) is 11.5 Å². The molecule has 0 aliphatic carbocycles. The third-order valence-corrected chi connectivity index (χ3v) is 2.75. The number of likely N-dealkylation sites (N-methyl/N-ethyl adjacent to an activating group) is 1. The number of alkyl halides is 1. The molecule has 1 rings (SSSR count). The third-order valence-electron chi connectivity index (χ3n) is 2.58. The summed E-state index contributed by atoms with van der Waals surface area (Å²) >= 11 is 5.72. The van der Waals surface area contributed by atoms with Crippen LogP contribution in [-0.4, -0.2) is 44.1 Å². The average molecular weight is 294 g/mol. The molecule has 0 saturated carbocycles. The zero-order valence-electron chi connectivity index (χ0n) is 10.9. The molecule has 0 aromatic heterocycles. The van der Waals surface area contributed by atoms with Gasteiger partial charge in [-0.3, -0.25) is 4.90 Å². The fourth-order valence-corrected chi connectivity index (χ4v) is 1.81. The summed E-state index contributed by atoms with van der Waals surface area (Å²) in [6, 6.07) is 7.67. The summed E-state index contributed by atoms with van der Waals surface area (Å²) in [6.07, 6.45) is 0. The van der Waals surface area contributed by atoms with E-state index >= 15 is 0 Å². The van der Waals surface area contributed by atoms with Crippen molar-refractivity contribution in [1.82, 2.24) is 4.90 Å². The second-order valence-electron chi connectivity index (χ2n) is 3.62. The van der Waals surface area contributed by atoms with Gasteiger partial charge in [0.2, 0.25) is 0 Å². The number of benzene rings is 1. The summed E-state index contributed by atoms with van der Waals surface area (Å²) in [4.78, 5) is 2.25. The number of halogens is 2. The number of para-hydroxylation sites is 2. The summed E-state index contributed by atoms with van der Waals surface area (Å²) < 4.78 is 10.9. The Balaban J connectivity index is 0.00000289. The van der Waals surface area contributed by atoms with Crippen LogP contribution in [-0.2, 0) is 0 Å². The monoisotopic (exact) mass is 293 g/mol. The number of methoxy groups -OCH3 is 1. The Hall–Kier alpha value is -0.640. The lowest BCUT2D eigenvalue weighted by Crippen LogP contribution is -2.30. The first-order valence-electron chi connectivity index (χ1n) is 5.86. The molecule has 0 aliphatic heterocycles. The van der Waals surface area contributed by atoms with Gasteiger partial charge in [0.1, 0.15) is 6.61 Å². The molecule has 3 nitrogen and oxygen atoms in total. The molecule has 0 unspecified atom stereocenters. The lowest BCUT2D eigenvalue weighted by atomic mass is 10.3. The fraction of sp³-hybridized carbons (Fsp3) is 0.538. The van der Waals surface area contributed by atoms with E-state index in [-0.39, 0.29) is 12.4 Å². The molecule has 0 N–H and O–H groups in total. The minimum absolute atomic E-state index is 0. The van der Waals surface area contributed by atoms with Crippen LogP contribution in [0.5, 0.6) is 11.5 Å². The number of ether oxygens (including phenoxy) is 2. The van der Waals surface area contributed by atoms with Gasteiger partial charge in [-0.25, -0.2) is 0 Å². The molecule has 104 valence electrons. The van der Waals surface area contributed by atoms with Gasteiger partial charge >= 0.3 is 0 Å². The largest absolute Gasteiger partial charge is 0.493 e. The number of hydrogen-bond donors (Lipinski definition) is 0. The van der Waals surface area contributed by atoms with Crippen molar-refractivity contribution < 1.29 is 9.47 Å². The first-order valence-corrected chi connectivity index (χ1v) is 6.39. The quantitative estimate of drug-likeness (QED) is 0.688. The maximum Gasteiger partial charge on any atom is 0.161 e. The Bertz CT molecular complexity index is 324. The van der Waals surface area contributed by atoms with Crippen molar-refractivity contribution >= 4 is 24.0 Å². The molecule has 0 radical (unpaired) electrons. The van der Waals surface area contributed by atoms with Gasteiger partial charge in [0, 0.05) is 19.0 Å². The summed E-state index contributed by atoms with van der Waals surface area (Å²) in [5.74, 6) is 2.22. The highest BCUT2D eigenvalue weighted by Crippen LogP contribution is 2.25. The van der Waals surface area contributed by atoms with Gasteiger partial charge in [0.05, 0.1) is 7.11 Å². The van der Waals surface area contributed by atoms with Crippen LogP contribution >= 0.6 is 24.0 Å². The van der Waals surface area contributed by atoms with E-state index < -0.39 is 0 Å². The second-order valence-corrected chi connectivity index (χ2v) is 4.00. The van der Waals surface area contributed by atoms with Gasteiger partial charge in [-0.05, 0) is 18.7 Å². The average Bonchev–Trinajstić information content (AvgIpc) is 2.38. The minimum Gasteiger partial charge on any atom is -0.493 e. The molecule has 0 atom stereocenters. The van der Waals surface area contributed by atoms with Crippen molar-refractivity contribution in [2.45, 2.75) is 6.92 Å². The predicted molar refractivity (Wildman–Crippen MR) is 78.6 cm³/mol. The van der Waals surface area contributed by atoms with E-state index in [1.165, 1.54) is 0 Å². The van der Waals surface area contributed by atoms with E-state index in [9.17, 15) is 0 Å². The van der Waals surface area contributed by atoms with E-state index in [0.717, 1.165) is 31.1 Å². The topological polar surface area (TPSA) is 21.7 Å². The molecular formula is C13H21Cl2NO2. The van der Waals surface area contributed by atoms with Gasteiger partial charge in [-0.2, -0.15) is 0 Å². The summed E-state index contributed by atoms with van der Waals surface area (Å²) in [5.41, 5.74) is 0. The summed E-state index contributed by atoms with van der Waals surface area (Å²) in [5, 5.41) is 0. The molecular weight excluding hydrogens is 273 g/mol. The van der Waals surface area contributed by atoms with E-state index in [1.54, 1.807) is 7.11 Å².